The minimum absolute atomic E-state index is 0.0616. The number of rotatable bonds is 8. The lowest BCUT2D eigenvalue weighted by Crippen LogP contribution is -2.36. The summed E-state index contributed by atoms with van der Waals surface area (Å²) in [5.41, 5.74) is 0.970. The molecule has 0 spiro atoms. The molecule has 26 heavy (non-hydrogen) atoms. The maximum atomic E-state index is 12.7. The summed E-state index contributed by atoms with van der Waals surface area (Å²) in [5, 5.41) is 22.6. The van der Waals surface area contributed by atoms with Gasteiger partial charge in [-0.2, -0.15) is 5.26 Å². The fourth-order valence-corrected chi connectivity index (χ4v) is 2.40. The first-order valence-corrected chi connectivity index (χ1v) is 7.85. The van der Waals surface area contributed by atoms with Crippen LogP contribution in [0.3, 0.4) is 0 Å². The van der Waals surface area contributed by atoms with Gasteiger partial charge < -0.3 is 15.0 Å². The van der Waals surface area contributed by atoms with Crippen LogP contribution in [0.1, 0.15) is 6.42 Å². The maximum absolute atomic E-state index is 12.7. The zero-order chi connectivity index (χ0) is 18.9. The molecular weight excluding hydrogens is 336 g/mol. The van der Waals surface area contributed by atoms with Crippen LogP contribution >= 0.6 is 0 Å². The molecule has 0 atom stereocenters. The SMILES string of the molecule is COc1ccccc1N(CCC#N)C(=O)CNc1cccc([N+](=O)[O-])c1. The van der Waals surface area contributed by atoms with E-state index in [4.69, 9.17) is 10.00 Å². The largest absolute Gasteiger partial charge is 0.495 e. The molecule has 0 aliphatic carbocycles. The number of hydrogen-bond acceptors (Lipinski definition) is 6. The molecule has 134 valence electrons. The van der Waals surface area contributed by atoms with Crippen LogP contribution in [0.25, 0.3) is 0 Å². The van der Waals surface area contributed by atoms with Crippen molar-refractivity contribution in [2.75, 3.05) is 30.4 Å². The zero-order valence-electron chi connectivity index (χ0n) is 14.2. The van der Waals surface area contributed by atoms with E-state index in [1.54, 1.807) is 36.4 Å². The number of carbonyl (C=O) groups excluding carboxylic acids is 1. The van der Waals surface area contributed by atoms with Gasteiger partial charge in [0.25, 0.3) is 5.69 Å². The molecule has 0 saturated carbocycles. The summed E-state index contributed by atoms with van der Waals surface area (Å²) < 4.78 is 5.29. The predicted molar refractivity (Wildman–Crippen MR) is 97.2 cm³/mol. The number of hydrogen-bond donors (Lipinski definition) is 1. The molecule has 2 rings (SSSR count). The summed E-state index contributed by atoms with van der Waals surface area (Å²) in [6.45, 7) is 0.136. The van der Waals surface area contributed by atoms with Gasteiger partial charge in [0.1, 0.15) is 5.75 Å². The highest BCUT2D eigenvalue weighted by molar-refractivity contribution is 5.97. The summed E-state index contributed by atoms with van der Waals surface area (Å²) in [6.07, 6.45) is 0.167. The first kappa shape index (κ1) is 18.7. The molecule has 0 fully saturated rings. The van der Waals surface area contributed by atoms with Crippen molar-refractivity contribution in [3.63, 3.8) is 0 Å². The number of para-hydroxylation sites is 2. The van der Waals surface area contributed by atoms with Crippen LogP contribution in [0.4, 0.5) is 17.1 Å². The van der Waals surface area contributed by atoms with E-state index in [0.29, 0.717) is 17.1 Å². The number of nitrogens with zero attached hydrogens (tertiary/aromatic N) is 3. The van der Waals surface area contributed by atoms with Crippen molar-refractivity contribution < 1.29 is 14.5 Å². The monoisotopic (exact) mass is 354 g/mol. The number of nitriles is 1. The van der Waals surface area contributed by atoms with E-state index in [0.717, 1.165) is 0 Å². The van der Waals surface area contributed by atoms with Gasteiger partial charge in [-0.15, -0.1) is 0 Å². The van der Waals surface area contributed by atoms with Crippen molar-refractivity contribution in [3.8, 4) is 11.8 Å². The van der Waals surface area contributed by atoms with E-state index in [1.807, 2.05) is 6.07 Å². The second kappa shape index (κ2) is 9.03. The number of benzene rings is 2. The first-order chi connectivity index (χ1) is 12.6. The van der Waals surface area contributed by atoms with Gasteiger partial charge in [0.15, 0.2) is 0 Å². The molecular formula is C18H18N4O4. The number of methoxy groups -OCH3 is 1. The van der Waals surface area contributed by atoms with Crippen LogP contribution in [-0.2, 0) is 4.79 Å². The average molecular weight is 354 g/mol. The highest BCUT2D eigenvalue weighted by Gasteiger charge is 2.19. The van der Waals surface area contributed by atoms with Crippen LogP contribution in [0, 0.1) is 21.4 Å². The Balaban J connectivity index is 2.16. The molecule has 0 unspecified atom stereocenters. The number of nitrogens with one attached hydrogen (secondary N) is 1. The van der Waals surface area contributed by atoms with Crippen molar-refractivity contribution in [1.29, 1.82) is 5.26 Å². The summed E-state index contributed by atoms with van der Waals surface area (Å²) >= 11 is 0. The van der Waals surface area contributed by atoms with Gasteiger partial charge >= 0.3 is 0 Å². The molecule has 1 amide bonds. The molecule has 0 aliphatic heterocycles. The summed E-state index contributed by atoms with van der Waals surface area (Å²) in [7, 11) is 1.51. The molecule has 8 heteroatoms. The van der Waals surface area contributed by atoms with Gasteiger partial charge in [-0.1, -0.05) is 18.2 Å². The second-order valence-corrected chi connectivity index (χ2v) is 5.29. The van der Waals surface area contributed by atoms with Crippen LogP contribution < -0.4 is 15.0 Å². The van der Waals surface area contributed by atoms with Crippen molar-refractivity contribution in [1.82, 2.24) is 0 Å². The smallest absolute Gasteiger partial charge is 0.271 e. The predicted octanol–water partition coefficient (Wildman–Crippen LogP) is 2.96. The number of nitro groups is 1. The van der Waals surface area contributed by atoms with Crippen molar-refractivity contribution >= 4 is 23.0 Å². The third kappa shape index (κ3) is 4.70. The standard InChI is InChI=1S/C18H18N4O4/c1-26-17-9-3-2-8-16(17)21(11-5-10-19)18(23)13-20-14-6-4-7-15(12-14)22(24)25/h2-4,6-9,12,20H,5,11,13H2,1H3. The molecule has 0 aromatic heterocycles. The lowest BCUT2D eigenvalue weighted by atomic mass is 10.2. The lowest BCUT2D eigenvalue weighted by Gasteiger charge is -2.24. The van der Waals surface area contributed by atoms with E-state index in [1.165, 1.54) is 24.1 Å². The van der Waals surface area contributed by atoms with E-state index in [-0.39, 0.29) is 31.1 Å². The Labute approximate surface area is 150 Å². The third-order valence-electron chi connectivity index (χ3n) is 3.62. The highest BCUT2D eigenvalue weighted by atomic mass is 16.6. The molecule has 2 aromatic rings. The molecule has 0 aliphatic rings. The Kier molecular flexibility index (Phi) is 6.51. The van der Waals surface area contributed by atoms with Gasteiger partial charge in [0.05, 0.1) is 36.8 Å². The molecule has 2 aromatic carbocycles. The Morgan fingerprint density at radius 2 is 2.08 bits per heavy atom. The van der Waals surface area contributed by atoms with Crippen LogP contribution in [-0.4, -0.2) is 31.0 Å². The Morgan fingerprint density at radius 1 is 1.31 bits per heavy atom. The summed E-state index contributed by atoms with van der Waals surface area (Å²) in [6, 6.07) is 15.0. The van der Waals surface area contributed by atoms with Gasteiger partial charge in [0.2, 0.25) is 5.91 Å². The summed E-state index contributed by atoms with van der Waals surface area (Å²) in [5.74, 6) is 0.241. The molecule has 1 N–H and O–H groups in total. The highest BCUT2D eigenvalue weighted by Crippen LogP contribution is 2.28. The first-order valence-electron chi connectivity index (χ1n) is 7.85. The lowest BCUT2D eigenvalue weighted by molar-refractivity contribution is -0.384. The number of ether oxygens (including phenoxy) is 1. The molecule has 0 heterocycles. The average Bonchev–Trinajstić information content (AvgIpc) is 2.67. The summed E-state index contributed by atoms with van der Waals surface area (Å²) in [4.78, 5) is 24.5. The van der Waals surface area contributed by atoms with Gasteiger partial charge in [-0.3, -0.25) is 14.9 Å². The number of carbonyl (C=O) groups is 1. The van der Waals surface area contributed by atoms with Crippen LogP contribution in [0.5, 0.6) is 5.75 Å². The van der Waals surface area contributed by atoms with Crippen LogP contribution in [0.2, 0.25) is 0 Å². The van der Waals surface area contributed by atoms with Gasteiger partial charge in [-0.05, 0) is 18.2 Å². The van der Waals surface area contributed by atoms with E-state index >= 15 is 0 Å². The topological polar surface area (TPSA) is 108 Å². The molecule has 0 bridgehead atoms. The number of non-ortho nitro benzene ring substituents is 1. The van der Waals surface area contributed by atoms with E-state index < -0.39 is 4.92 Å². The Bertz CT molecular complexity index is 832. The quantitative estimate of drug-likeness (QED) is 0.577. The fraction of sp³-hybridized carbons (Fsp3) is 0.222. The second-order valence-electron chi connectivity index (χ2n) is 5.29. The zero-order valence-corrected chi connectivity index (χ0v) is 14.2. The fourth-order valence-electron chi connectivity index (χ4n) is 2.40. The van der Waals surface area contributed by atoms with Crippen molar-refractivity contribution in [2.45, 2.75) is 6.42 Å². The minimum atomic E-state index is -0.499. The third-order valence-corrected chi connectivity index (χ3v) is 3.62. The molecule has 0 radical (unpaired) electrons. The van der Waals surface area contributed by atoms with Crippen LogP contribution in [0.15, 0.2) is 48.5 Å². The van der Waals surface area contributed by atoms with Crippen molar-refractivity contribution in [3.05, 3.63) is 58.6 Å². The van der Waals surface area contributed by atoms with E-state index in [2.05, 4.69) is 5.32 Å². The number of nitro benzene ring substituents is 1. The normalized spacial score (nSPS) is 9.85. The Morgan fingerprint density at radius 3 is 2.77 bits per heavy atom. The van der Waals surface area contributed by atoms with Gasteiger partial charge in [0, 0.05) is 24.4 Å². The molecule has 0 saturated heterocycles. The Hall–Kier alpha value is -3.60. The van der Waals surface area contributed by atoms with Crippen molar-refractivity contribution in [2.24, 2.45) is 0 Å². The maximum Gasteiger partial charge on any atom is 0.271 e. The molecule has 8 nitrogen and oxygen atoms in total. The van der Waals surface area contributed by atoms with E-state index in [9.17, 15) is 14.9 Å². The number of amides is 1. The minimum Gasteiger partial charge on any atom is -0.495 e. The number of anilines is 2. The van der Waals surface area contributed by atoms with Gasteiger partial charge in [-0.25, -0.2) is 0 Å².